The summed E-state index contributed by atoms with van der Waals surface area (Å²) in [5.74, 6) is 0.340. The Morgan fingerprint density at radius 1 is 1.19 bits per heavy atom. The first-order valence-electron chi connectivity index (χ1n) is 8.35. The Balaban J connectivity index is 1.78. The quantitative estimate of drug-likeness (QED) is 0.805. The number of para-hydroxylation sites is 1. The second kappa shape index (κ2) is 7.09. The molecule has 3 rings (SSSR count). The molecule has 0 unspecified atom stereocenters. The van der Waals surface area contributed by atoms with E-state index in [1.807, 2.05) is 31.2 Å². The predicted octanol–water partition coefficient (Wildman–Crippen LogP) is 2.29. The van der Waals surface area contributed by atoms with Crippen LogP contribution in [-0.2, 0) is 21.2 Å². The van der Waals surface area contributed by atoms with E-state index < -0.39 is 10.0 Å². The molecule has 1 heterocycles. The highest BCUT2D eigenvalue weighted by atomic mass is 32.2. The second-order valence-electron chi connectivity index (χ2n) is 6.38. The molecule has 0 saturated heterocycles. The Hall–Kier alpha value is -2.38. The number of carbonyl (C=O) groups excluding carboxylic acids is 1. The van der Waals surface area contributed by atoms with Crippen molar-refractivity contribution in [2.45, 2.75) is 24.3 Å². The highest BCUT2D eigenvalue weighted by Gasteiger charge is 2.33. The Labute approximate surface area is 154 Å². The standard InChI is InChI=1S/C19H22N2O4S/c1-14-12-15-6-4-5-7-18(15)21(14)19(22)13-20(2)26(23,24)17-10-8-16(25-3)9-11-17/h4-11,14H,12-13H2,1-3H3/t14-/m0/s1. The van der Waals surface area contributed by atoms with Gasteiger partial charge in [0.15, 0.2) is 0 Å². The molecule has 26 heavy (non-hydrogen) atoms. The Bertz CT molecular complexity index is 909. The fraction of sp³-hybridized carbons (Fsp3) is 0.316. The molecule has 7 heteroatoms. The molecule has 0 radical (unpaired) electrons. The summed E-state index contributed by atoms with van der Waals surface area (Å²) in [6.45, 7) is 1.75. The highest BCUT2D eigenvalue weighted by molar-refractivity contribution is 7.89. The van der Waals surface area contributed by atoms with E-state index in [1.54, 1.807) is 17.0 Å². The monoisotopic (exact) mass is 374 g/mol. The van der Waals surface area contributed by atoms with Gasteiger partial charge in [-0.2, -0.15) is 4.31 Å². The van der Waals surface area contributed by atoms with Crippen molar-refractivity contribution in [3.8, 4) is 5.75 Å². The van der Waals surface area contributed by atoms with Gasteiger partial charge in [0.25, 0.3) is 0 Å². The average molecular weight is 374 g/mol. The van der Waals surface area contributed by atoms with Crippen molar-refractivity contribution in [2.75, 3.05) is 25.6 Å². The molecular weight excluding hydrogens is 352 g/mol. The van der Waals surface area contributed by atoms with Crippen molar-refractivity contribution in [1.82, 2.24) is 4.31 Å². The highest BCUT2D eigenvalue weighted by Crippen LogP contribution is 2.32. The summed E-state index contributed by atoms with van der Waals surface area (Å²) in [4.78, 5) is 14.6. The van der Waals surface area contributed by atoms with Crippen molar-refractivity contribution in [3.63, 3.8) is 0 Å². The maximum absolute atomic E-state index is 12.8. The van der Waals surface area contributed by atoms with Crippen LogP contribution < -0.4 is 9.64 Å². The normalized spacial score (nSPS) is 16.6. The van der Waals surface area contributed by atoms with Crippen LogP contribution >= 0.6 is 0 Å². The lowest BCUT2D eigenvalue weighted by atomic mass is 10.1. The lowest BCUT2D eigenvalue weighted by Gasteiger charge is -2.25. The van der Waals surface area contributed by atoms with Crippen LogP contribution in [0.15, 0.2) is 53.4 Å². The number of likely N-dealkylation sites (N-methyl/N-ethyl adjacent to an activating group) is 1. The molecule has 0 aromatic heterocycles. The zero-order valence-corrected chi connectivity index (χ0v) is 15.9. The van der Waals surface area contributed by atoms with Crippen molar-refractivity contribution in [2.24, 2.45) is 0 Å². The van der Waals surface area contributed by atoms with Gasteiger partial charge in [-0.1, -0.05) is 18.2 Å². The number of hydrogen-bond acceptors (Lipinski definition) is 4. The SMILES string of the molecule is COc1ccc(S(=O)(=O)N(C)CC(=O)N2c3ccccc3C[C@@H]2C)cc1. The van der Waals surface area contributed by atoms with E-state index in [1.165, 1.54) is 26.3 Å². The third-order valence-corrected chi connectivity index (χ3v) is 6.42. The number of fused-ring (bicyclic) bond motifs is 1. The van der Waals surface area contributed by atoms with Gasteiger partial charge in [-0.25, -0.2) is 8.42 Å². The lowest BCUT2D eigenvalue weighted by Crippen LogP contribution is -2.43. The fourth-order valence-electron chi connectivity index (χ4n) is 3.22. The Kier molecular flexibility index (Phi) is 5.02. The van der Waals surface area contributed by atoms with Gasteiger partial charge in [-0.05, 0) is 49.2 Å². The third-order valence-electron chi connectivity index (χ3n) is 4.60. The number of methoxy groups -OCH3 is 1. The fourth-order valence-corrected chi connectivity index (χ4v) is 4.35. The van der Waals surface area contributed by atoms with Gasteiger partial charge in [0.05, 0.1) is 18.6 Å². The minimum Gasteiger partial charge on any atom is -0.497 e. The molecule has 2 aromatic carbocycles. The van der Waals surface area contributed by atoms with Crippen LogP contribution in [0, 0.1) is 0 Å². The number of amides is 1. The van der Waals surface area contributed by atoms with E-state index >= 15 is 0 Å². The van der Waals surface area contributed by atoms with Crippen LogP contribution in [0.3, 0.4) is 0 Å². The van der Waals surface area contributed by atoms with Crippen LogP contribution in [0.25, 0.3) is 0 Å². The predicted molar refractivity (Wildman–Crippen MR) is 99.9 cm³/mol. The summed E-state index contributed by atoms with van der Waals surface area (Å²) in [7, 11) is -0.815. The van der Waals surface area contributed by atoms with Crippen molar-refractivity contribution in [1.29, 1.82) is 0 Å². The summed E-state index contributed by atoms with van der Waals surface area (Å²) < 4.78 is 31.6. The number of carbonyl (C=O) groups is 1. The maximum atomic E-state index is 12.8. The molecule has 138 valence electrons. The van der Waals surface area contributed by atoms with Crippen LogP contribution in [0.5, 0.6) is 5.75 Å². The number of ether oxygens (including phenoxy) is 1. The number of hydrogen-bond donors (Lipinski definition) is 0. The van der Waals surface area contributed by atoms with Gasteiger partial charge in [-0.3, -0.25) is 4.79 Å². The molecule has 1 aliphatic heterocycles. The number of benzene rings is 2. The second-order valence-corrected chi connectivity index (χ2v) is 8.43. The summed E-state index contributed by atoms with van der Waals surface area (Å²) in [5.41, 5.74) is 1.97. The van der Waals surface area contributed by atoms with Gasteiger partial charge < -0.3 is 9.64 Å². The summed E-state index contributed by atoms with van der Waals surface area (Å²) in [5, 5.41) is 0. The van der Waals surface area contributed by atoms with Crippen LogP contribution in [0.2, 0.25) is 0 Å². The molecule has 0 fully saturated rings. The van der Waals surface area contributed by atoms with Crippen molar-refractivity contribution in [3.05, 3.63) is 54.1 Å². The molecule has 1 atom stereocenters. The van der Waals surface area contributed by atoms with Gasteiger partial charge in [0.1, 0.15) is 5.75 Å². The zero-order chi connectivity index (χ0) is 18.9. The van der Waals surface area contributed by atoms with Gasteiger partial charge >= 0.3 is 0 Å². The summed E-state index contributed by atoms with van der Waals surface area (Å²) >= 11 is 0. The Morgan fingerprint density at radius 3 is 2.50 bits per heavy atom. The van der Waals surface area contributed by atoms with E-state index in [-0.39, 0.29) is 23.4 Å². The molecule has 1 amide bonds. The topological polar surface area (TPSA) is 66.9 Å². The number of anilines is 1. The third kappa shape index (κ3) is 3.32. The van der Waals surface area contributed by atoms with Crippen molar-refractivity contribution >= 4 is 21.6 Å². The summed E-state index contributed by atoms with van der Waals surface area (Å²) in [6.07, 6.45) is 0.775. The number of sulfonamides is 1. The van der Waals surface area contributed by atoms with E-state index in [0.717, 1.165) is 22.0 Å². The molecule has 0 saturated carbocycles. The van der Waals surface area contributed by atoms with Crippen LogP contribution in [0.4, 0.5) is 5.69 Å². The summed E-state index contributed by atoms with van der Waals surface area (Å²) in [6, 6.07) is 13.9. The molecule has 0 aliphatic carbocycles. The molecule has 0 spiro atoms. The molecule has 0 N–H and O–H groups in total. The average Bonchev–Trinajstić information content (AvgIpc) is 2.97. The minimum absolute atomic E-state index is 0.0111. The van der Waals surface area contributed by atoms with E-state index in [4.69, 9.17) is 4.74 Å². The van der Waals surface area contributed by atoms with Crippen LogP contribution in [-0.4, -0.2) is 45.4 Å². The van der Waals surface area contributed by atoms with Gasteiger partial charge in [0.2, 0.25) is 15.9 Å². The zero-order valence-electron chi connectivity index (χ0n) is 15.0. The molecular formula is C19H22N2O4S. The molecule has 2 aromatic rings. The lowest BCUT2D eigenvalue weighted by molar-refractivity contribution is -0.118. The minimum atomic E-state index is -3.75. The first kappa shape index (κ1) is 18.4. The molecule has 6 nitrogen and oxygen atoms in total. The molecule has 1 aliphatic rings. The smallest absolute Gasteiger partial charge is 0.243 e. The first-order valence-corrected chi connectivity index (χ1v) is 9.79. The maximum Gasteiger partial charge on any atom is 0.243 e. The van der Waals surface area contributed by atoms with E-state index in [2.05, 4.69) is 0 Å². The number of nitrogens with zero attached hydrogens (tertiary/aromatic N) is 2. The molecule has 0 bridgehead atoms. The van der Waals surface area contributed by atoms with E-state index in [0.29, 0.717) is 5.75 Å². The first-order chi connectivity index (χ1) is 12.3. The van der Waals surface area contributed by atoms with Crippen LogP contribution in [0.1, 0.15) is 12.5 Å². The van der Waals surface area contributed by atoms with Gasteiger partial charge in [-0.15, -0.1) is 0 Å². The Morgan fingerprint density at radius 2 is 1.85 bits per heavy atom. The van der Waals surface area contributed by atoms with Gasteiger partial charge in [0, 0.05) is 18.8 Å². The largest absolute Gasteiger partial charge is 0.497 e. The van der Waals surface area contributed by atoms with Crippen molar-refractivity contribution < 1.29 is 17.9 Å². The van der Waals surface area contributed by atoms with E-state index in [9.17, 15) is 13.2 Å². The number of rotatable bonds is 5.